The summed E-state index contributed by atoms with van der Waals surface area (Å²) in [4.78, 5) is 0. The lowest BCUT2D eigenvalue weighted by Gasteiger charge is -2.11. The number of halogens is 2. The minimum absolute atomic E-state index is 0.468. The number of hydrogen-bond donors (Lipinski definition) is 1. The van der Waals surface area contributed by atoms with Crippen molar-refractivity contribution in [3.05, 3.63) is 58.7 Å². The molecule has 0 aromatic heterocycles. The smallest absolute Gasteiger partial charge is 0.126 e. The molecule has 2 aromatic rings. The lowest BCUT2D eigenvalue weighted by atomic mass is 9.95. The van der Waals surface area contributed by atoms with Crippen LogP contribution < -0.4 is 5.73 Å². The highest BCUT2D eigenvalue weighted by atomic mass is 19.1. The second-order valence-corrected chi connectivity index (χ2v) is 4.45. The van der Waals surface area contributed by atoms with E-state index >= 15 is 0 Å². The van der Waals surface area contributed by atoms with E-state index in [1.807, 2.05) is 26.0 Å². The van der Waals surface area contributed by atoms with Crippen molar-refractivity contribution in [1.29, 1.82) is 0 Å². The standard InChI is InChI=1S/C15H15F2N/c1-9-3-11(4-10(2)15(9)8-18)12-5-13(16)7-14(17)6-12/h3-7H,8,18H2,1-2H3. The number of hydrogen-bond acceptors (Lipinski definition) is 1. The Hall–Kier alpha value is -1.74. The molecule has 0 bridgehead atoms. The van der Waals surface area contributed by atoms with Gasteiger partial charge >= 0.3 is 0 Å². The fourth-order valence-electron chi connectivity index (χ4n) is 2.20. The summed E-state index contributed by atoms with van der Waals surface area (Å²) in [6.07, 6.45) is 0. The molecule has 0 heterocycles. The zero-order chi connectivity index (χ0) is 13.3. The van der Waals surface area contributed by atoms with Crippen molar-refractivity contribution in [2.45, 2.75) is 20.4 Å². The van der Waals surface area contributed by atoms with Crippen molar-refractivity contribution in [2.24, 2.45) is 5.73 Å². The Balaban J connectivity index is 2.58. The highest BCUT2D eigenvalue weighted by Gasteiger charge is 2.07. The Morgan fingerprint density at radius 1 is 0.833 bits per heavy atom. The Labute approximate surface area is 105 Å². The third kappa shape index (κ3) is 2.41. The van der Waals surface area contributed by atoms with Gasteiger partial charge in [-0.2, -0.15) is 0 Å². The Morgan fingerprint density at radius 2 is 1.28 bits per heavy atom. The second kappa shape index (κ2) is 4.86. The normalized spacial score (nSPS) is 10.7. The molecule has 2 aromatic carbocycles. The van der Waals surface area contributed by atoms with Crippen molar-refractivity contribution in [3.63, 3.8) is 0 Å². The van der Waals surface area contributed by atoms with Gasteiger partial charge in [0.2, 0.25) is 0 Å². The zero-order valence-corrected chi connectivity index (χ0v) is 10.4. The lowest BCUT2D eigenvalue weighted by molar-refractivity contribution is 0.584. The molecule has 2 rings (SSSR count). The van der Waals surface area contributed by atoms with Crippen molar-refractivity contribution >= 4 is 0 Å². The molecule has 0 amide bonds. The Kier molecular flexibility index (Phi) is 3.43. The van der Waals surface area contributed by atoms with Crippen LogP contribution in [0.4, 0.5) is 8.78 Å². The summed E-state index contributed by atoms with van der Waals surface area (Å²) in [6.45, 7) is 4.37. The van der Waals surface area contributed by atoms with Crippen LogP contribution in [0.2, 0.25) is 0 Å². The minimum atomic E-state index is -0.566. The van der Waals surface area contributed by atoms with E-state index in [-0.39, 0.29) is 0 Å². The predicted molar refractivity (Wildman–Crippen MR) is 69.2 cm³/mol. The van der Waals surface area contributed by atoms with Crippen LogP contribution in [-0.2, 0) is 6.54 Å². The maximum absolute atomic E-state index is 13.2. The first-order valence-corrected chi connectivity index (χ1v) is 5.78. The maximum Gasteiger partial charge on any atom is 0.126 e. The van der Waals surface area contributed by atoms with Crippen LogP contribution in [-0.4, -0.2) is 0 Å². The number of aryl methyl sites for hydroxylation is 2. The van der Waals surface area contributed by atoms with E-state index in [1.54, 1.807) is 0 Å². The minimum Gasteiger partial charge on any atom is -0.326 e. The van der Waals surface area contributed by atoms with E-state index in [9.17, 15) is 8.78 Å². The Bertz CT molecular complexity index is 548. The number of nitrogens with two attached hydrogens (primary N) is 1. The summed E-state index contributed by atoms with van der Waals surface area (Å²) < 4.78 is 26.4. The van der Waals surface area contributed by atoms with Gasteiger partial charge in [-0.25, -0.2) is 8.78 Å². The largest absolute Gasteiger partial charge is 0.326 e. The molecule has 18 heavy (non-hydrogen) atoms. The summed E-state index contributed by atoms with van der Waals surface area (Å²) >= 11 is 0. The van der Waals surface area contributed by atoms with Crippen molar-refractivity contribution in [2.75, 3.05) is 0 Å². The van der Waals surface area contributed by atoms with Crippen LogP contribution in [0.3, 0.4) is 0 Å². The van der Waals surface area contributed by atoms with Gasteiger partial charge in [-0.3, -0.25) is 0 Å². The van der Waals surface area contributed by atoms with Crippen molar-refractivity contribution in [3.8, 4) is 11.1 Å². The maximum atomic E-state index is 13.2. The van der Waals surface area contributed by atoms with E-state index in [0.29, 0.717) is 12.1 Å². The average molecular weight is 247 g/mol. The molecule has 3 heteroatoms. The van der Waals surface area contributed by atoms with Crippen LogP contribution in [0.15, 0.2) is 30.3 Å². The second-order valence-electron chi connectivity index (χ2n) is 4.45. The molecule has 94 valence electrons. The third-order valence-corrected chi connectivity index (χ3v) is 3.10. The zero-order valence-electron chi connectivity index (χ0n) is 10.4. The van der Waals surface area contributed by atoms with Gasteiger partial charge in [0.15, 0.2) is 0 Å². The molecule has 0 aliphatic carbocycles. The lowest BCUT2D eigenvalue weighted by Crippen LogP contribution is -2.02. The molecule has 0 fully saturated rings. The molecule has 0 aliphatic heterocycles. The van der Waals surface area contributed by atoms with E-state index in [4.69, 9.17) is 5.73 Å². The fourth-order valence-corrected chi connectivity index (χ4v) is 2.20. The first-order chi connectivity index (χ1) is 8.51. The van der Waals surface area contributed by atoms with Gasteiger partial charge < -0.3 is 5.73 Å². The molecule has 0 atom stereocenters. The topological polar surface area (TPSA) is 26.0 Å². The SMILES string of the molecule is Cc1cc(-c2cc(F)cc(F)c2)cc(C)c1CN. The molecule has 0 saturated carbocycles. The van der Waals surface area contributed by atoms with Gasteiger partial charge in [0.1, 0.15) is 11.6 Å². The summed E-state index contributed by atoms with van der Waals surface area (Å²) in [5, 5.41) is 0. The van der Waals surface area contributed by atoms with Gasteiger partial charge in [-0.1, -0.05) is 12.1 Å². The summed E-state index contributed by atoms with van der Waals surface area (Å²) in [5.41, 5.74) is 10.2. The monoisotopic (exact) mass is 247 g/mol. The van der Waals surface area contributed by atoms with Gasteiger partial charge in [-0.05, 0) is 53.8 Å². The molecule has 2 N–H and O–H groups in total. The van der Waals surface area contributed by atoms with E-state index in [1.165, 1.54) is 12.1 Å². The fraction of sp³-hybridized carbons (Fsp3) is 0.200. The van der Waals surface area contributed by atoms with Crippen LogP contribution in [0, 0.1) is 25.5 Å². The predicted octanol–water partition coefficient (Wildman–Crippen LogP) is 3.71. The van der Waals surface area contributed by atoms with Gasteiger partial charge in [0.25, 0.3) is 0 Å². The number of rotatable bonds is 2. The van der Waals surface area contributed by atoms with Gasteiger partial charge in [0, 0.05) is 12.6 Å². The quantitative estimate of drug-likeness (QED) is 0.860. The van der Waals surface area contributed by atoms with Crippen molar-refractivity contribution < 1.29 is 8.78 Å². The molecule has 0 aliphatic rings. The molecule has 0 radical (unpaired) electrons. The van der Waals surface area contributed by atoms with E-state index in [2.05, 4.69) is 0 Å². The molecule has 0 saturated heterocycles. The summed E-state index contributed by atoms with van der Waals surface area (Å²) in [5.74, 6) is -1.13. The average Bonchev–Trinajstić information content (AvgIpc) is 2.27. The van der Waals surface area contributed by atoms with Crippen LogP contribution in [0.25, 0.3) is 11.1 Å². The highest BCUT2D eigenvalue weighted by molar-refractivity contribution is 5.66. The van der Waals surface area contributed by atoms with Crippen LogP contribution >= 0.6 is 0 Å². The summed E-state index contributed by atoms with van der Waals surface area (Å²) in [7, 11) is 0. The van der Waals surface area contributed by atoms with Crippen LogP contribution in [0.1, 0.15) is 16.7 Å². The van der Waals surface area contributed by atoms with Crippen LogP contribution in [0.5, 0.6) is 0 Å². The molecule has 0 spiro atoms. The first-order valence-electron chi connectivity index (χ1n) is 5.78. The van der Waals surface area contributed by atoms with Crippen molar-refractivity contribution in [1.82, 2.24) is 0 Å². The number of benzene rings is 2. The van der Waals surface area contributed by atoms with E-state index < -0.39 is 11.6 Å². The molecular weight excluding hydrogens is 232 g/mol. The third-order valence-electron chi connectivity index (χ3n) is 3.10. The first kappa shape index (κ1) is 12.7. The highest BCUT2D eigenvalue weighted by Crippen LogP contribution is 2.26. The van der Waals surface area contributed by atoms with Gasteiger partial charge in [0.05, 0.1) is 0 Å². The molecular formula is C15H15F2N. The van der Waals surface area contributed by atoms with E-state index in [0.717, 1.165) is 28.3 Å². The molecule has 1 nitrogen and oxygen atoms in total. The Morgan fingerprint density at radius 3 is 1.72 bits per heavy atom. The molecule has 0 unspecified atom stereocenters. The van der Waals surface area contributed by atoms with Gasteiger partial charge in [-0.15, -0.1) is 0 Å². The summed E-state index contributed by atoms with van der Waals surface area (Å²) in [6, 6.07) is 7.35.